The van der Waals surface area contributed by atoms with Crippen LogP contribution in [-0.4, -0.2) is 28.8 Å². The van der Waals surface area contributed by atoms with E-state index < -0.39 is 6.04 Å². The Morgan fingerprint density at radius 3 is 2.31 bits per heavy atom. The smallest absolute Gasteiger partial charge is 0.242 e. The molecule has 1 saturated carbocycles. The minimum Gasteiger partial charge on any atom is -0.352 e. The SMILES string of the molecule is CC(C)c1ccc(CCC(=O)N(Cc2ccccc2Cl)[C@H](C)C(=O)NC2CCCC2)cc1. The standard InChI is InChI=1S/C27H35ClN2O2/c1-19(2)22-15-12-21(13-16-22)14-17-26(31)30(18-23-8-4-7-11-25(23)28)20(3)27(32)29-24-9-5-6-10-24/h4,7-8,11-13,15-16,19-20,24H,5-6,9-10,14,17-18H2,1-3H3,(H,29,32)/t20-/m1/s1. The van der Waals surface area contributed by atoms with Gasteiger partial charge >= 0.3 is 0 Å². The molecule has 0 heterocycles. The summed E-state index contributed by atoms with van der Waals surface area (Å²) in [5, 5.41) is 3.75. The van der Waals surface area contributed by atoms with E-state index in [4.69, 9.17) is 11.6 Å². The van der Waals surface area contributed by atoms with Gasteiger partial charge < -0.3 is 10.2 Å². The van der Waals surface area contributed by atoms with Gasteiger partial charge in [0.25, 0.3) is 0 Å². The van der Waals surface area contributed by atoms with E-state index in [1.165, 1.54) is 5.56 Å². The summed E-state index contributed by atoms with van der Waals surface area (Å²) in [6.45, 7) is 6.48. The third-order valence-electron chi connectivity index (χ3n) is 6.44. The van der Waals surface area contributed by atoms with E-state index in [2.05, 4.69) is 43.4 Å². The molecule has 1 aliphatic rings. The Kier molecular flexibility index (Phi) is 8.75. The monoisotopic (exact) mass is 454 g/mol. The first-order valence-corrected chi connectivity index (χ1v) is 12.1. The lowest BCUT2D eigenvalue weighted by Gasteiger charge is -2.30. The van der Waals surface area contributed by atoms with E-state index in [1.54, 1.807) is 4.90 Å². The van der Waals surface area contributed by atoms with Gasteiger partial charge in [0.05, 0.1) is 0 Å². The van der Waals surface area contributed by atoms with Gasteiger partial charge in [-0.15, -0.1) is 0 Å². The Hall–Kier alpha value is -2.33. The van der Waals surface area contributed by atoms with Gasteiger partial charge in [-0.05, 0) is 54.9 Å². The average molecular weight is 455 g/mol. The number of hydrogen-bond acceptors (Lipinski definition) is 2. The number of rotatable bonds is 9. The molecule has 32 heavy (non-hydrogen) atoms. The molecule has 0 spiro atoms. The Morgan fingerprint density at radius 1 is 1.03 bits per heavy atom. The summed E-state index contributed by atoms with van der Waals surface area (Å²) >= 11 is 6.37. The van der Waals surface area contributed by atoms with Crippen LogP contribution >= 0.6 is 11.6 Å². The summed E-state index contributed by atoms with van der Waals surface area (Å²) in [4.78, 5) is 27.9. The minimum atomic E-state index is -0.553. The van der Waals surface area contributed by atoms with E-state index in [-0.39, 0.29) is 17.9 Å². The third kappa shape index (κ3) is 6.59. The highest BCUT2D eigenvalue weighted by molar-refractivity contribution is 6.31. The minimum absolute atomic E-state index is 0.0353. The first kappa shape index (κ1) is 24.3. The van der Waals surface area contributed by atoms with Crippen molar-refractivity contribution in [2.45, 2.75) is 83.8 Å². The number of carbonyl (C=O) groups is 2. The van der Waals surface area contributed by atoms with Crippen molar-refractivity contribution in [3.8, 4) is 0 Å². The Morgan fingerprint density at radius 2 is 1.69 bits per heavy atom. The first-order valence-electron chi connectivity index (χ1n) is 11.8. The molecule has 1 N–H and O–H groups in total. The maximum atomic E-state index is 13.3. The molecule has 172 valence electrons. The molecule has 0 saturated heterocycles. The lowest BCUT2D eigenvalue weighted by molar-refractivity contribution is -0.140. The van der Waals surface area contributed by atoms with Crippen LogP contribution < -0.4 is 5.32 Å². The predicted molar refractivity (Wildman–Crippen MR) is 131 cm³/mol. The van der Waals surface area contributed by atoms with Gasteiger partial charge in [0.15, 0.2) is 0 Å². The van der Waals surface area contributed by atoms with Crippen LogP contribution in [0.4, 0.5) is 0 Å². The van der Waals surface area contributed by atoms with E-state index in [9.17, 15) is 9.59 Å². The average Bonchev–Trinajstić information content (AvgIpc) is 3.29. The molecule has 0 unspecified atom stereocenters. The zero-order valence-corrected chi connectivity index (χ0v) is 20.2. The molecular weight excluding hydrogens is 420 g/mol. The maximum absolute atomic E-state index is 13.3. The van der Waals surface area contributed by atoms with Crippen LogP contribution in [0.2, 0.25) is 5.02 Å². The highest BCUT2D eigenvalue weighted by atomic mass is 35.5. The highest BCUT2D eigenvalue weighted by Gasteiger charge is 2.28. The van der Waals surface area contributed by atoms with E-state index in [1.807, 2.05) is 31.2 Å². The number of benzene rings is 2. The van der Waals surface area contributed by atoms with Crippen molar-refractivity contribution in [3.63, 3.8) is 0 Å². The van der Waals surface area contributed by atoms with Gasteiger partial charge in [0.1, 0.15) is 6.04 Å². The molecule has 2 aromatic carbocycles. The summed E-state index contributed by atoms with van der Waals surface area (Å²) in [6.07, 6.45) is 5.33. The Balaban J connectivity index is 1.70. The van der Waals surface area contributed by atoms with Gasteiger partial charge in [-0.2, -0.15) is 0 Å². The molecule has 2 amide bonds. The van der Waals surface area contributed by atoms with Gasteiger partial charge in [0, 0.05) is 24.0 Å². The molecule has 5 heteroatoms. The normalized spacial score (nSPS) is 15.0. The van der Waals surface area contributed by atoms with Crippen molar-refractivity contribution < 1.29 is 9.59 Å². The van der Waals surface area contributed by atoms with Crippen molar-refractivity contribution >= 4 is 23.4 Å². The molecule has 2 aromatic rings. The molecule has 0 bridgehead atoms. The number of hydrogen-bond donors (Lipinski definition) is 1. The van der Waals surface area contributed by atoms with Crippen LogP contribution in [0, 0.1) is 0 Å². The molecule has 3 rings (SSSR count). The van der Waals surface area contributed by atoms with Crippen molar-refractivity contribution in [1.82, 2.24) is 10.2 Å². The van der Waals surface area contributed by atoms with Crippen LogP contribution in [0.5, 0.6) is 0 Å². The van der Waals surface area contributed by atoms with E-state index in [0.29, 0.717) is 30.3 Å². The number of halogens is 1. The van der Waals surface area contributed by atoms with Crippen LogP contribution in [0.15, 0.2) is 48.5 Å². The van der Waals surface area contributed by atoms with Crippen molar-refractivity contribution in [2.24, 2.45) is 0 Å². The van der Waals surface area contributed by atoms with Crippen LogP contribution in [0.3, 0.4) is 0 Å². The summed E-state index contributed by atoms with van der Waals surface area (Å²) in [5.41, 5.74) is 3.27. The second-order valence-electron chi connectivity index (χ2n) is 9.18. The summed E-state index contributed by atoms with van der Waals surface area (Å²) < 4.78 is 0. The predicted octanol–water partition coefficient (Wildman–Crippen LogP) is 5.87. The number of nitrogens with one attached hydrogen (secondary N) is 1. The van der Waals surface area contributed by atoms with E-state index >= 15 is 0 Å². The topological polar surface area (TPSA) is 49.4 Å². The number of aryl methyl sites for hydroxylation is 1. The number of carbonyl (C=O) groups excluding carboxylic acids is 2. The molecule has 0 aliphatic heterocycles. The molecular formula is C27H35ClN2O2. The van der Waals surface area contributed by atoms with Crippen LogP contribution in [0.1, 0.15) is 75.5 Å². The molecule has 1 fully saturated rings. The second kappa shape index (κ2) is 11.5. The van der Waals surface area contributed by atoms with Crippen LogP contribution in [0.25, 0.3) is 0 Å². The van der Waals surface area contributed by atoms with Crippen molar-refractivity contribution in [3.05, 3.63) is 70.2 Å². The fourth-order valence-corrected chi connectivity index (χ4v) is 4.44. The lowest BCUT2D eigenvalue weighted by atomic mass is 10.00. The summed E-state index contributed by atoms with van der Waals surface area (Å²) in [6, 6.07) is 15.6. The van der Waals surface area contributed by atoms with Crippen LogP contribution in [-0.2, 0) is 22.6 Å². The largest absolute Gasteiger partial charge is 0.352 e. The number of amides is 2. The molecule has 0 aromatic heterocycles. The first-order chi connectivity index (χ1) is 15.3. The quantitative estimate of drug-likeness (QED) is 0.514. The zero-order chi connectivity index (χ0) is 23.1. The fourth-order valence-electron chi connectivity index (χ4n) is 4.25. The fraction of sp³-hybridized carbons (Fsp3) is 0.481. The Labute approximate surface area is 197 Å². The number of nitrogens with zero attached hydrogens (tertiary/aromatic N) is 1. The summed E-state index contributed by atoms with van der Waals surface area (Å²) in [7, 11) is 0. The second-order valence-corrected chi connectivity index (χ2v) is 9.58. The van der Waals surface area contributed by atoms with Crippen molar-refractivity contribution in [1.29, 1.82) is 0 Å². The van der Waals surface area contributed by atoms with E-state index in [0.717, 1.165) is 36.8 Å². The highest BCUT2D eigenvalue weighted by Crippen LogP contribution is 2.22. The molecule has 1 atom stereocenters. The molecule has 4 nitrogen and oxygen atoms in total. The van der Waals surface area contributed by atoms with Gasteiger partial charge in [0.2, 0.25) is 11.8 Å². The Bertz CT molecular complexity index is 904. The molecule has 1 aliphatic carbocycles. The lowest BCUT2D eigenvalue weighted by Crippen LogP contribution is -2.49. The summed E-state index contributed by atoms with van der Waals surface area (Å²) in [5.74, 6) is 0.363. The van der Waals surface area contributed by atoms with Gasteiger partial charge in [-0.3, -0.25) is 9.59 Å². The zero-order valence-electron chi connectivity index (χ0n) is 19.4. The third-order valence-corrected chi connectivity index (χ3v) is 6.81. The van der Waals surface area contributed by atoms with Gasteiger partial charge in [-0.25, -0.2) is 0 Å². The van der Waals surface area contributed by atoms with Gasteiger partial charge in [-0.1, -0.05) is 80.8 Å². The van der Waals surface area contributed by atoms with Crippen molar-refractivity contribution in [2.75, 3.05) is 0 Å². The molecule has 0 radical (unpaired) electrons. The maximum Gasteiger partial charge on any atom is 0.242 e.